The Morgan fingerprint density at radius 3 is 2.62 bits per heavy atom. The second-order valence-corrected chi connectivity index (χ2v) is 9.54. The van der Waals surface area contributed by atoms with Crippen LogP contribution in [0, 0.1) is 6.92 Å². The van der Waals surface area contributed by atoms with Crippen molar-refractivity contribution in [2.45, 2.75) is 58.3 Å². The molecule has 2 aromatic carbocycles. The minimum absolute atomic E-state index is 0.0149. The summed E-state index contributed by atoms with van der Waals surface area (Å²) in [6.07, 6.45) is -0.143. The molecule has 198 valence electrons. The van der Waals surface area contributed by atoms with Crippen molar-refractivity contribution in [3.8, 4) is 17.2 Å². The Kier molecular flexibility index (Phi) is 7.75. The third-order valence-electron chi connectivity index (χ3n) is 6.30. The van der Waals surface area contributed by atoms with Crippen molar-refractivity contribution in [2.24, 2.45) is 0 Å². The van der Waals surface area contributed by atoms with Gasteiger partial charge in [0, 0.05) is 24.6 Å². The number of benzene rings is 2. The van der Waals surface area contributed by atoms with Crippen LogP contribution in [0.3, 0.4) is 0 Å². The largest absolute Gasteiger partial charge is 0.490 e. The maximum atomic E-state index is 12.6. The minimum atomic E-state index is -1.08. The number of carbonyl (C=O) groups excluding carboxylic acids is 2. The maximum Gasteiger partial charge on any atom is 0.407 e. The molecule has 0 aromatic heterocycles. The van der Waals surface area contributed by atoms with Crippen LogP contribution in [0.4, 0.5) is 10.5 Å². The van der Waals surface area contributed by atoms with Crippen molar-refractivity contribution in [3.63, 3.8) is 0 Å². The molecule has 0 unspecified atom stereocenters. The number of anilines is 1. The number of esters is 1. The van der Waals surface area contributed by atoms with Crippen LogP contribution in [0.25, 0.3) is 0 Å². The molecule has 2 aromatic rings. The smallest absolute Gasteiger partial charge is 0.407 e. The summed E-state index contributed by atoms with van der Waals surface area (Å²) < 4.78 is 22.9. The fraction of sp³-hybridized carbons (Fsp3) is 0.444. The van der Waals surface area contributed by atoms with E-state index in [1.807, 2.05) is 32.9 Å². The highest BCUT2D eigenvalue weighted by Crippen LogP contribution is 2.34. The van der Waals surface area contributed by atoms with Gasteiger partial charge < -0.3 is 29.4 Å². The summed E-state index contributed by atoms with van der Waals surface area (Å²) in [5.41, 5.74) is 2.74. The molecule has 2 amide bonds. The molecule has 4 rings (SSSR count). The van der Waals surface area contributed by atoms with Gasteiger partial charge >= 0.3 is 12.1 Å². The van der Waals surface area contributed by atoms with Gasteiger partial charge in [-0.05, 0) is 56.5 Å². The van der Waals surface area contributed by atoms with Gasteiger partial charge in [-0.2, -0.15) is 0 Å². The first-order valence-corrected chi connectivity index (χ1v) is 12.3. The number of methoxy groups -OCH3 is 1. The SMILES string of the molecule is COC(=O)c1c(OC[C@@H]2C[C@H](Oc3ccc4c(c3)NC(=O)CC4)CN2C(=O)O)cc(C)cc1OC(C)C. The van der Waals surface area contributed by atoms with E-state index in [1.54, 1.807) is 18.2 Å². The van der Waals surface area contributed by atoms with E-state index in [1.165, 1.54) is 12.0 Å². The molecule has 10 heteroatoms. The quantitative estimate of drug-likeness (QED) is 0.508. The number of nitrogens with zero attached hydrogens (tertiary/aromatic N) is 1. The molecule has 2 atom stereocenters. The van der Waals surface area contributed by atoms with E-state index < -0.39 is 24.2 Å². The van der Waals surface area contributed by atoms with Gasteiger partial charge in [0.15, 0.2) is 0 Å². The Labute approximate surface area is 215 Å². The van der Waals surface area contributed by atoms with Crippen LogP contribution in [0.5, 0.6) is 17.2 Å². The summed E-state index contributed by atoms with van der Waals surface area (Å²) >= 11 is 0. The van der Waals surface area contributed by atoms with Gasteiger partial charge in [-0.15, -0.1) is 0 Å². The molecule has 1 fully saturated rings. The van der Waals surface area contributed by atoms with Gasteiger partial charge in [0.25, 0.3) is 0 Å². The molecule has 0 spiro atoms. The number of hydrogen-bond acceptors (Lipinski definition) is 7. The lowest BCUT2D eigenvalue weighted by atomic mass is 10.0. The molecule has 0 saturated carbocycles. The number of fused-ring (bicyclic) bond motifs is 1. The van der Waals surface area contributed by atoms with E-state index in [-0.39, 0.29) is 36.5 Å². The molecular weight excluding hydrogens is 480 g/mol. The first-order chi connectivity index (χ1) is 17.6. The van der Waals surface area contributed by atoms with E-state index in [4.69, 9.17) is 18.9 Å². The van der Waals surface area contributed by atoms with E-state index in [0.29, 0.717) is 30.8 Å². The fourth-order valence-corrected chi connectivity index (χ4v) is 4.64. The van der Waals surface area contributed by atoms with E-state index in [9.17, 15) is 19.5 Å². The van der Waals surface area contributed by atoms with Crippen LogP contribution in [0.15, 0.2) is 30.3 Å². The number of rotatable bonds is 8. The molecular formula is C27H32N2O8. The van der Waals surface area contributed by atoms with Crippen LogP contribution in [0.2, 0.25) is 0 Å². The van der Waals surface area contributed by atoms with Gasteiger partial charge in [-0.1, -0.05) is 6.07 Å². The van der Waals surface area contributed by atoms with Gasteiger partial charge in [-0.25, -0.2) is 9.59 Å². The van der Waals surface area contributed by atoms with Gasteiger partial charge in [0.2, 0.25) is 5.91 Å². The molecule has 1 saturated heterocycles. The summed E-state index contributed by atoms with van der Waals surface area (Å²) in [4.78, 5) is 37.6. The summed E-state index contributed by atoms with van der Waals surface area (Å²) in [5.74, 6) is 0.527. The van der Waals surface area contributed by atoms with Crippen molar-refractivity contribution in [1.82, 2.24) is 4.90 Å². The number of hydrogen-bond donors (Lipinski definition) is 2. The van der Waals surface area contributed by atoms with Crippen molar-refractivity contribution < 1.29 is 38.4 Å². The first-order valence-electron chi connectivity index (χ1n) is 12.3. The lowest BCUT2D eigenvalue weighted by Gasteiger charge is -2.23. The Morgan fingerprint density at radius 2 is 1.92 bits per heavy atom. The molecule has 2 N–H and O–H groups in total. The molecule has 2 aliphatic heterocycles. The predicted molar refractivity (Wildman–Crippen MR) is 135 cm³/mol. The Balaban J connectivity index is 1.49. The average Bonchev–Trinajstić information content (AvgIpc) is 3.24. The molecule has 0 radical (unpaired) electrons. The molecule has 2 heterocycles. The van der Waals surface area contributed by atoms with Crippen LogP contribution in [-0.4, -0.2) is 66.5 Å². The topological polar surface area (TPSA) is 124 Å². The van der Waals surface area contributed by atoms with Crippen molar-refractivity contribution in [1.29, 1.82) is 0 Å². The highest BCUT2D eigenvalue weighted by Gasteiger charge is 2.37. The van der Waals surface area contributed by atoms with Crippen LogP contribution >= 0.6 is 0 Å². The van der Waals surface area contributed by atoms with Crippen molar-refractivity contribution in [2.75, 3.05) is 25.6 Å². The number of amides is 2. The predicted octanol–water partition coefficient (Wildman–Crippen LogP) is 4.03. The van der Waals surface area contributed by atoms with Gasteiger partial charge in [0.05, 0.1) is 25.8 Å². The average molecular weight is 513 g/mol. The zero-order chi connectivity index (χ0) is 26.7. The van der Waals surface area contributed by atoms with Crippen molar-refractivity contribution in [3.05, 3.63) is 47.0 Å². The number of ether oxygens (including phenoxy) is 4. The van der Waals surface area contributed by atoms with Crippen LogP contribution in [-0.2, 0) is 16.0 Å². The second kappa shape index (κ2) is 11.0. The third-order valence-corrected chi connectivity index (χ3v) is 6.30. The van der Waals surface area contributed by atoms with Gasteiger partial charge in [-0.3, -0.25) is 9.69 Å². The molecule has 0 bridgehead atoms. The number of carboxylic acid groups (broad SMARTS) is 1. The third kappa shape index (κ3) is 6.07. The molecule has 37 heavy (non-hydrogen) atoms. The van der Waals surface area contributed by atoms with Gasteiger partial charge in [0.1, 0.15) is 35.5 Å². The second-order valence-electron chi connectivity index (χ2n) is 9.54. The van der Waals surface area contributed by atoms with Crippen molar-refractivity contribution >= 4 is 23.7 Å². The summed E-state index contributed by atoms with van der Waals surface area (Å²) in [7, 11) is 1.28. The lowest BCUT2D eigenvalue weighted by molar-refractivity contribution is -0.116. The van der Waals surface area contributed by atoms with E-state index >= 15 is 0 Å². The normalized spacial score (nSPS) is 18.7. The number of aryl methyl sites for hydroxylation is 2. The fourth-order valence-electron chi connectivity index (χ4n) is 4.64. The maximum absolute atomic E-state index is 12.6. The van der Waals surface area contributed by atoms with Crippen LogP contribution < -0.4 is 19.5 Å². The number of carbonyl (C=O) groups is 3. The zero-order valence-electron chi connectivity index (χ0n) is 21.4. The Bertz CT molecular complexity index is 1200. The molecule has 10 nitrogen and oxygen atoms in total. The van der Waals surface area contributed by atoms with E-state index in [2.05, 4.69) is 5.32 Å². The Hall–Kier alpha value is -3.95. The number of likely N-dealkylation sites (tertiary alicyclic amines) is 1. The highest BCUT2D eigenvalue weighted by molar-refractivity contribution is 5.96. The lowest BCUT2D eigenvalue weighted by Crippen LogP contribution is -2.38. The monoisotopic (exact) mass is 512 g/mol. The number of nitrogens with one attached hydrogen (secondary N) is 1. The standard InChI is InChI=1S/C27H32N2O8/c1-15(2)36-23-10-16(3)9-22(25(23)26(31)34-4)35-14-18-11-20(13-29(18)27(32)33)37-19-7-5-17-6-8-24(30)28-21(17)12-19/h5,7,9-10,12,15,18,20H,6,8,11,13-14H2,1-4H3,(H,28,30)(H,32,33)/t18-,20-/m0/s1. The molecule has 0 aliphatic carbocycles. The summed E-state index contributed by atoms with van der Waals surface area (Å²) in [6, 6.07) is 8.46. The summed E-state index contributed by atoms with van der Waals surface area (Å²) in [5, 5.41) is 12.6. The van der Waals surface area contributed by atoms with E-state index in [0.717, 1.165) is 16.8 Å². The van der Waals surface area contributed by atoms with Crippen LogP contribution in [0.1, 0.15) is 48.2 Å². The summed E-state index contributed by atoms with van der Waals surface area (Å²) in [6.45, 7) is 5.73. The Morgan fingerprint density at radius 1 is 1.16 bits per heavy atom. The zero-order valence-corrected chi connectivity index (χ0v) is 21.4. The molecule has 2 aliphatic rings. The minimum Gasteiger partial charge on any atom is -0.490 e. The highest BCUT2D eigenvalue weighted by atomic mass is 16.5. The first kappa shape index (κ1) is 26.1.